The summed E-state index contributed by atoms with van der Waals surface area (Å²) in [7, 11) is 0. The Labute approximate surface area is 95.7 Å². The third kappa shape index (κ3) is 1.27. The Balaban J connectivity index is 2.14. The van der Waals surface area contributed by atoms with Gasteiger partial charge < -0.3 is 5.32 Å². The van der Waals surface area contributed by atoms with Gasteiger partial charge in [0.1, 0.15) is 0 Å². The molecule has 1 aliphatic rings. The molecule has 1 aliphatic heterocycles. The number of carbonyl (C=O) groups is 2. The van der Waals surface area contributed by atoms with Crippen LogP contribution in [0.1, 0.15) is 10.4 Å². The lowest BCUT2D eigenvalue weighted by Gasteiger charge is -2.00. The molecule has 0 saturated carbocycles. The number of hydrogen-bond acceptors (Lipinski definition) is 3. The Morgan fingerprint density at radius 2 is 2.00 bits per heavy atom. The van der Waals surface area contributed by atoms with Gasteiger partial charge in [-0.25, -0.2) is 0 Å². The van der Waals surface area contributed by atoms with Crippen molar-refractivity contribution in [1.82, 2.24) is 0 Å². The molecule has 0 bridgehead atoms. The summed E-state index contributed by atoms with van der Waals surface area (Å²) < 4.78 is 0. The normalized spacial score (nSPS) is 13.8. The topological polar surface area (TPSA) is 46.2 Å². The predicted octanol–water partition coefficient (Wildman–Crippen LogP) is 2.55. The van der Waals surface area contributed by atoms with Crippen LogP contribution in [0, 0.1) is 0 Å². The molecule has 1 N–H and O–H groups in total. The molecular weight excluding hydrogens is 222 g/mol. The minimum atomic E-state index is -0.543. The third-order valence-electron chi connectivity index (χ3n) is 2.52. The van der Waals surface area contributed by atoms with Crippen LogP contribution in [0.3, 0.4) is 0 Å². The molecule has 1 aromatic heterocycles. The summed E-state index contributed by atoms with van der Waals surface area (Å²) in [4.78, 5) is 23.8. The largest absolute Gasteiger partial charge is 0.318 e. The second-order valence-electron chi connectivity index (χ2n) is 3.52. The van der Waals surface area contributed by atoms with Gasteiger partial charge in [0, 0.05) is 4.88 Å². The van der Waals surface area contributed by atoms with Gasteiger partial charge in [0.2, 0.25) is 0 Å². The molecular formula is C12H7NO2S. The zero-order valence-electron chi connectivity index (χ0n) is 8.19. The zero-order chi connectivity index (χ0) is 11.1. The number of anilines is 1. The van der Waals surface area contributed by atoms with E-state index in [1.807, 2.05) is 23.6 Å². The molecule has 1 aromatic carbocycles. The van der Waals surface area contributed by atoms with Crippen molar-refractivity contribution < 1.29 is 9.59 Å². The van der Waals surface area contributed by atoms with Crippen LogP contribution in [-0.4, -0.2) is 11.7 Å². The second-order valence-corrected chi connectivity index (χ2v) is 4.47. The van der Waals surface area contributed by atoms with Crippen LogP contribution < -0.4 is 5.32 Å². The molecule has 78 valence electrons. The summed E-state index contributed by atoms with van der Waals surface area (Å²) in [6.45, 7) is 0. The van der Waals surface area contributed by atoms with E-state index in [9.17, 15) is 9.59 Å². The number of Topliss-reactive ketones (excluding diaryl/α,β-unsaturated/α-hetero) is 1. The molecule has 0 spiro atoms. The average molecular weight is 229 g/mol. The van der Waals surface area contributed by atoms with E-state index in [2.05, 4.69) is 5.32 Å². The maximum Gasteiger partial charge on any atom is 0.296 e. The van der Waals surface area contributed by atoms with Crippen molar-refractivity contribution in [3.63, 3.8) is 0 Å². The first-order valence-electron chi connectivity index (χ1n) is 4.79. The number of fused-ring (bicyclic) bond motifs is 1. The van der Waals surface area contributed by atoms with E-state index in [4.69, 9.17) is 0 Å². The van der Waals surface area contributed by atoms with Crippen molar-refractivity contribution >= 4 is 28.7 Å². The Kier molecular flexibility index (Phi) is 1.91. The van der Waals surface area contributed by atoms with Crippen LogP contribution in [0.4, 0.5) is 5.69 Å². The van der Waals surface area contributed by atoms with Crippen molar-refractivity contribution in [3.8, 4) is 10.4 Å². The Hall–Kier alpha value is -1.94. The number of carbonyl (C=O) groups excluding carboxylic acids is 2. The standard InChI is InChI=1S/C12H7NO2S/c14-11-8-6-7(10-2-1-5-16-10)3-4-9(8)13-12(11)15/h1-6H,(H,13,14,15). The van der Waals surface area contributed by atoms with Gasteiger partial charge in [-0.05, 0) is 29.1 Å². The van der Waals surface area contributed by atoms with E-state index in [-0.39, 0.29) is 0 Å². The zero-order valence-corrected chi connectivity index (χ0v) is 9.01. The Morgan fingerprint density at radius 1 is 1.12 bits per heavy atom. The molecule has 0 atom stereocenters. The fourth-order valence-corrected chi connectivity index (χ4v) is 2.46. The quantitative estimate of drug-likeness (QED) is 0.764. The smallest absolute Gasteiger partial charge is 0.296 e. The van der Waals surface area contributed by atoms with Crippen LogP contribution in [0.2, 0.25) is 0 Å². The molecule has 1 amide bonds. The van der Waals surface area contributed by atoms with Gasteiger partial charge in [-0.2, -0.15) is 0 Å². The molecule has 4 heteroatoms. The van der Waals surface area contributed by atoms with Gasteiger partial charge in [-0.1, -0.05) is 12.1 Å². The van der Waals surface area contributed by atoms with Gasteiger partial charge in [0.05, 0.1) is 11.3 Å². The lowest BCUT2D eigenvalue weighted by molar-refractivity contribution is -0.112. The number of benzene rings is 1. The summed E-state index contributed by atoms with van der Waals surface area (Å²) in [5.74, 6) is -0.994. The highest BCUT2D eigenvalue weighted by Gasteiger charge is 2.27. The van der Waals surface area contributed by atoms with Crippen molar-refractivity contribution in [1.29, 1.82) is 0 Å². The Bertz CT molecular complexity index is 587. The van der Waals surface area contributed by atoms with Crippen LogP contribution in [-0.2, 0) is 4.79 Å². The fraction of sp³-hybridized carbons (Fsp3) is 0. The molecule has 3 rings (SSSR count). The summed E-state index contributed by atoms with van der Waals surface area (Å²) >= 11 is 1.61. The Morgan fingerprint density at radius 3 is 2.75 bits per heavy atom. The van der Waals surface area contributed by atoms with Gasteiger partial charge in [-0.3, -0.25) is 9.59 Å². The van der Waals surface area contributed by atoms with E-state index in [0.29, 0.717) is 11.3 Å². The van der Waals surface area contributed by atoms with E-state index in [1.54, 1.807) is 23.5 Å². The first-order chi connectivity index (χ1) is 7.75. The first kappa shape index (κ1) is 9.30. The maximum atomic E-state index is 11.5. The van der Waals surface area contributed by atoms with E-state index in [0.717, 1.165) is 10.4 Å². The SMILES string of the molecule is O=C1Nc2ccc(-c3cccs3)cc2C1=O. The molecule has 0 aliphatic carbocycles. The van der Waals surface area contributed by atoms with Crippen LogP contribution in [0.25, 0.3) is 10.4 Å². The summed E-state index contributed by atoms with van der Waals surface area (Å²) in [5.41, 5.74) is 2.05. The molecule has 3 nitrogen and oxygen atoms in total. The number of nitrogens with one attached hydrogen (secondary N) is 1. The van der Waals surface area contributed by atoms with Gasteiger partial charge in [0.25, 0.3) is 11.7 Å². The minimum absolute atomic E-state index is 0.451. The average Bonchev–Trinajstić information content (AvgIpc) is 2.89. The van der Waals surface area contributed by atoms with Crippen LogP contribution >= 0.6 is 11.3 Å². The van der Waals surface area contributed by atoms with Crippen LogP contribution in [0.15, 0.2) is 35.7 Å². The predicted molar refractivity (Wildman–Crippen MR) is 62.7 cm³/mol. The lowest BCUT2D eigenvalue weighted by Crippen LogP contribution is -2.12. The summed E-state index contributed by atoms with van der Waals surface area (Å²) in [5, 5.41) is 4.51. The number of thiophene rings is 1. The molecule has 16 heavy (non-hydrogen) atoms. The molecule has 2 heterocycles. The highest BCUT2D eigenvalue weighted by molar-refractivity contribution is 7.13. The number of hydrogen-bond donors (Lipinski definition) is 1. The highest BCUT2D eigenvalue weighted by Crippen LogP contribution is 2.31. The van der Waals surface area contributed by atoms with Crippen LogP contribution in [0.5, 0.6) is 0 Å². The van der Waals surface area contributed by atoms with Crippen molar-refractivity contribution in [2.24, 2.45) is 0 Å². The van der Waals surface area contributed by atoms with Crippen molar-refractivity contribution in [2.75, 3.05) is 5.32 Å². The van der Waals surface area contributed by atoms with E-state index in [1.165, 1.54) is 0 Å². The van der Waals surface area contributed by atoms with Gasteiger partial charge in [0.15, 0.2) is 0 Å². The molecule has 0 saturated heterocycles. The summed E-state index contributed by atoms with van der Waals surface area (Å²) in [6, 6.07) is 9.39. The number of amides is 1. The second kappa shape index (κ2) is 3.28. The number of rotatable bonds is 1. The monoisotopic (exact) mass is 229 g/mol. The third-order valence-corrected chi connectivity index (χ3v) is 3.44. The fourth-order valence-electron chi connectivity index (χ4n) is 1.74. The first-order valence-corrected chi connectivity index (χ1v) is 5.67. The van der Waals surface area contributed by atoms with Gasteiger partial charge in [-0.15, -0.1) is 11.3 Å². The lowest BCUT2D eigenvalue weighted by atomic mass is 10.1. The number of ketones is 1. The van der Waals surface area contributed by atoms with E-state index < -0.39 is 11.7 Å². The van der Waals surface area contributed by atoms with Crippen molar-refractivity contribution in [2.45, 2.75) is 0 Å². The summed E-state index contributed by atoms with van der Waals surface area (Å²) in [6.07, 6.45) is 0. The van der Waals surface area contributed by atoms with Crippen molar-refractivity contribution in [3.05, 3.63) is 41.3 Å². The molecule has 2 aromatic rings. The maximum absolute atomic E-state index is 11.5. The molecule has 0 unspecified atom stereocenters. The molecule has 0 radical (unpaired) electrons. The molecule has 0 fully saturated rings. The highest BCUT2D eigenvalue weighted by atomic mass is 32.1. The van der Waals surface area contributed by atoms with Gasteiger partial charge >= 0.3 is 0 Å². The minimum Gasteiger partial charge on any atom is -0.318 e. The van der Waals surface area contributed by atoms with E-state index >= 15 is 0 Å².